The number of para-hydroxylation sites is 1. The number of imidazole rings is 1. The lowest BCUT2D eigenvalue weighted by molar-refractivity contribution is 0.343. The molecule has 1 aromatic carbocycles. The van der Waals surface area contributed by atoms with Gasteiger partial charge in [-0.15, -0.1) is 0 Å². The van der Waals surface area contributed by atoms with Gasteiger partial charge in [0.25, 0.3) is 0 Å². The SMILES string of the molecule is CCOc1cccc2c1nc(N)n2Cc1ncn(C)n1. The number of aromatic nitrogens is 5. The van der Waals surface area contributed by atoms with E-state index in [0.717, 1.165) is 16.8 Å². The van der Waals surface area contributed by atoms with Gasteiger partial charge in [0, 0.05) is 7.05 Å². The summed E-state index contributed by atoms with van der Waals surface area (Å²) in [5.74, 6) is 1.87. The molecule has 104 valence electrons. The van der Waals surface area contributed by atoms with Crippen LogP contribution in [-0.2, 0) is 13.6 Å². The monoisotopic (exact) mass is 272 g/mol. The third kappa shape index (κ3) is 2.07. The second kappa shape index (κ2) is 4.84. The summed E-state index contributed by atoms with van der Waals surface area (Å²) in [7, 11) is 1.83. The molecule has 0 saturated heterocycles. The Morgan fingerprint density at radius 3 is 2.90 bits per heavy atom. The largest absolute Gasteiger partial charge is 0.492 e. The summed E-state index contributed by atoms with van der Waals surface area (Å²) in [4.78, 5) is 8.60. The molecule has 0 unspecified atom stereocenters. The van der Waals surface area contributed by atoms with Crippen LogP contribution in [0.2, 0.25) is 0 Å². The molecule has 7 nitrogen and oxygen atoms in total. The summed E-state index contributed by atoms with van der Waals surface area (Å²) in [6.45, 7) is 3.02. The number of hydrogen-bond acceptors (Lipinski definition) is 5. The van der Waals surface area contributed by atoms with Crippen molar-refractivity contribution in [2.75, 3.05) is 12.3 Å². The third-order valence-electron chi connectivity index (χ3n) is 3.02. The first kappa shape index (κ1) is 12.5. The summed E-state index contributed by atoms with van der Waals surface area (Å²) < 4.78 is 9.12. The molecule has 0 spiro atoms. The summed E-state index contributed by atoms with van der Waals surface area (Å²) in [6.07, 6.45) is 1.66. The van der Waals surface area contributed by atoms with Gasteiger partial charge < -0.3 is 15.0 Å². The van der Waals surface area contributed by atoms with Crippen molar-refractivity contribution in [2.24, 2.45) is 7.05 Å². The van der Waals surface area contributed by atoms with Crippen molar-refractivity contribution in [3.8, 4) is 5.75 Å². The number of fused-ring (bicyclic) bond motifs is 1. The Hall–Kier alpha value is -2.57. The van der Waals surface area contributed by atoms with E-state index in [0.29, 0.717) is 24.9 Å². The number of rotatable bonds is 4. The molecule has 3 rings (SSSR count). The lowest BCUT2D eigenvalue weighted by Gasteiger charge is -2.05. The molecule has 0 aliphatic heterocycles. The van der Waals surface area contributed by atoms with Crippen LogP contribution in [0.5, 0.6) is 5.75 Å². The molecule has 7 heteroatoms. The van der Waals surface area contributed by atoms with Crippen LogP contribution >= 0.6 is 0 Å². The maximum atomic E-state index is 6.01. The minimum absolute atomic E-state index is 0.430. The van der Waals surface area contributed by atoms with Gasteiger partial charge in [-0.05, 0) is 19.1 Å². The van der Waals surface area contributed by atoms with Crippen molar-refractivity contribution in [2.45, 2.75) is 13.5 Å². The Morgan fingerprint density at radius 1 is 1.35 bits per heavy atom. The molecule has 0 fully saturated rings. The normalized spacial score (nSPS) is 11.1. The molecular formula is C13H16N6O. The summed E-state index contributed by atoms with van der Waals surface area (Å²) in [6, 6.07) is 5.78. The van der Waals surface area contributed by atoms with Crippen molar-refractivity contribution in [1.29, 1.82) is 0 Å². The molecule has 0 bridgehead atoms. The summed E-state index contributed by atoms with van der Waals surface area (Å²) in [5, 5.41) is 4.26. The summed E-state index contributed by atoms with van der Waals surface area (Å²) in [5.41, 5.74) is 7.69. The number of nitrogens with zero attached hydrogens (tertiary/aromatic N) is 5. The zero-order valence-corrected chi connectivity index (χ0v) is 11.4. The Morgan fingerprint density at radius 2 is 2.20 bits per heavy atom. The number of nitrogens with two attached hydrogens (primary N) is 1. The lowest BCUT2D eigenvalue weighted by Crippen LogP contribution is -2.06. The van der Waals surface area contributed by atoms with E-state index in [4.69, 9.17) is 10.5 Å². The maximum absolute atomic E-state index is 6.01. The predicted octanol–water partition coefficient (Wildman–Crippen LogP) is 1.19. The van der Waals surface area contributed by atoms with E-state index in [2.05, 4.69) is 15.1 Å². The smallest absolute Gasteiger partial charge is 0.201 e. The maximum Gasteiger partial charge on any atom is 0.201 e. The number of nitrogen functional groups attached to an aromatic ring is 1. The highest BCUT2D eigenvalue weighted by Gasteiger charge is 2.13. The van der Waals surface area contributed by atoms with Crippen LogP contribution in [0.3, 0.4) is 0 Å². The average molecular weight is 272 g/mol. The van der Waals surface area contributed by atoms with Crippen molar-refractivity contribution in [3.05, 3.63) is 30.4 Å². The Bertz CT molecular complexity index is 744. The topological polar surface area (TPSA) is 83.8 Å². The number of aryl methyl sites for hydroxylation is 1. The van der Waals surface area contributed by atoms with Gasteiger partial charge in [-0.25, -0.2) is 9.97 Å². The van der Waals surface area contributed by atoms with E-state index in [9.17, 15) is 0 Å². The van der Waals surface area contributed by atoms with Gasteiger partial charge >= 0.3 is 0 Å². The number of benzene rings is 1. The minimum Gasteiger partial charge on any atom is -0.492 e. The second-order valence-corrected chi connectivity index (χ2v) is 4.45. The molecule has 0 amide bonds. The van der Waals surface area contributed by atoms with Gasteiger partial charge in [0.1, 0.15) is 17.6 Å². The molecule has 2 aromatic heterocycles. The minimum atomic E-state index is 0.430. The van der Waals surface area contributed by atoms with Gasteiger partial charge in [-0.1, -0.05) is 6.07 Å². The van der Waals surface area contributed by atoms with Crippen LogP contribution in [0.4, 0.5) is 5.95 Å². The van der Waals surface area contributed by atoms with E-state index in [1.54, 1.807) is 11.0 Å². The van der Waals surface area contributed by atoms with Crippen LogP contribution in [0.15, 0.2) is 24.5 Å². The number of hydrogen-bond donors (Lipinski definition) is 1. The molecule has 3 aromatic rings. The summed E-state index contributed by atoms with van der Waals surface area (Å²) >= 11 is 0. The molecule has 0 aliphatic rings. The van der Waals surface area contributed by atoms with Crippen LogP contribution in [0, 0.1) is 0 Å². The van der Waals surface area contributed by atoms with Crippen LogP contribution in [0.25, 0.3) is 11.0 Å². The molecule has 20 heavy (non-hydrogen) atoms. The van der Waals surface area contributed by atoms with E-state index in [1.165, 1.54) is 0 Å². The number of anilines is 1. The first-order chi connectivity index (χ1) is 9.69. The van der Waals surface area contributed by atoms with Crippen molar-refractivity contribution in [3.63, 3.8) is 0 Å². The Kier molecular flexibility index (Phi) is 3.02. The Balaban J connectivity index is 2.06. The standard InChI is InChI=1S/C13H16N6O/c1-3-20-10-6-4-5-9-12(10)16-13(14)19(9)7-11-15-8-18(2)17-11/h4-6,8H,3,7H2,1-2H3,(H2,14,16). The number of ether oxygens (including phenoxy) is 1. The van der Waals surface area contributed by atoms with Crippen LogP contribution in [-0.4, -0.2) is 30.9 Å². The van der Waals surface area contributed by atoms with Gasteiger partial charge in [-0.2, -0.15) is 5.10 Å². The zero-order chi connectivity index (χ0) is 14.1. The van der Waals surface area contributed by atoms with Crippen molar-refractivity contribution in [1.82, 2.24) is 24.3 Å². The Labute approximate surface area is 116 Å². The van der Waals surface area contributed by atoms with Gasteiger partial charge in [0.05, 0.1) is 18.7 Å². The predicted molar refractivity (Wildman–Crippen MR) is 75.4 cm³/mol. The highest BCUT2D eigenvalue weighted by Crippen LogP contribution is 2.27. The van der Waals surface area contributed by atoms with Crippen LogP contribution in [0.1, 0.15) is 12.7 Å². The van der Waals surface area contributed by atoms with Crippen LogP contribution < -0.4 is 10.5 Å². The van der Waals surface area contributed by atoms with Gasteiger partial charge in [0.2, 0.25) is 5.95 Å². The molecule has 2 N–H and O–H groups in total. The first-order valence-electron chi connectivity index (χ1n) is 6.41. The zero-order valence-electron chi connectivity index (χ0n) is 11.4. The fourth-order valence-electron chi connectivity index (χ4n) is 2.18. The fraction of sp³-hybridized carbons (Fsp3) is 0.308. The van der Waals surface area contributed by atoms with Crippen molar-refractivity contribution < 1.29 is 4.74 Å². The molecule has 0 aliphatic carbocycles. The quantitative estimate of drug-likeness (QED) is 0.771. The van der Waals surface area contributed by atoms with Gasteiger partial charge in [-0.3, -0.25) is 4.68 Å². The van der Waals surface area contributed by atoms with E-state index in [-0.39, 0.29) is 0 Å². The molecule has 0 atom stereocenters. The molecular weight excluding hydrogens is 256 g/mol. The van der Waals surface area contributed by atoms with Crippen molar-refractivity contribution >= 4 is 17.0 Å². The second-order valence-electron chi connectivity index (χ2n) is 4.45. The van der Waals surface area contributed by atoms with E-state index in [1.807, 2.05) is 36.7 Å². The highest BCUT2D eigenvalue weighted by molar-refractivity contribution is 5.84. The lowest BCUT2D eigenvalue weighted by atomic mass is 10.3. The van der Waals surface area contributed by atoms with E-state index >= 15 is 0 Å². The van der Waals surface area contributed by atoms with Gasteiger partial charge in [0.15, 0.2) is 5.82 Å². The molecule has 0 radical (unpaired) electrons. The van der Waals surface area contributed by atoms with E-state index < -0.39 is 0 Å². The fourth-order valence-corrected chi connectivity index (χ4v) is 2.18. The molecule has 2 heterocycles. The highest BCUT2D eigenvalue weighted by atomic mass is 16.5. The first-order valence-corrected chi connectivity index (χ1v) is 6.41. The third-order valence-corrected chi connectivity index (χ3v) is 3.02. The average Bonchev–Trinajstić information content (AvgIpc) is 2.97. The molecule has 0 saturated carbocycles.